The first-order valence-corrected chi connectivity index (χ1v) is 6.40. The van der Waals surface area contributed by atoms with Crippen molar-refractivity contribution in [2.75, 3.05) is 12.4 Å². The van der Waals surface area contributed by atoms with Crippen molar-refractivity contribution >= 4 is 40.0 Å². The van der Waals surface area contributed by atoms with Crippen LogP contribution in [0.4, 0.5) is 5.13 Å². The van der Waals surface area contributed by atoms with E-state index in [9.17, 15) is 9.59 Å². The maximum Gasteiger partial charge on any atom is 0.240 e. The normalized spacial score (nSPS) is 20.7. The number of thioether (sulfide) groups is 1. The highest BCUT2D eigenvalue weighted by molar-refractivity contribution is 8.02. The Balaban J connectivity index is 1.99. The molecule has 0 radical (unpaired) electrons. The Labute approximate surface area is 100 Å². The van der Waals surface area contributed by atoms with E-state index in [0.717, 1.165) is 9.47 Å². The average molecular weight is 258 g/mol. The van der Waals surface area contributed by atoms with Gasteiger partial charge in [-0.3, -0.25) is 14.9 Å². The van der Waals surface area contributed by atoms with E-state index in [4.69, 9.17) is 0 Å². The lowest BCUT2D eigenvalue weighted by Crippen LogP contribution is -2.42. The molecule has 1 saturated heterocycles. The number of carbonyl (C=O) groups is 2. The molecule has 2 heterocycles. The average Bonchev–Trinajstić information content (AvgIpc) is 2.70. The lowest BCUT2D eigenvalue weighted by atomic mass is 10.1. The summed E-state index contributed by atoms with van der Waals surface area (Å²) < 4.78 is 0.735. The summed E-state index contributed by atoms with van der Waals surface area (Å²) in [4.78, 5) is 22.4. The van der Waals surface area contributed by atoms with Crippen molar-refractivity contribution < 1.29 is 9.59 Å². The van der Waals surface area contributed by atoms with Crippen LogP contribution >= 0.6 is 23.1 Å². The molecule has 0 bridgehead atoms. The number of rotatable bonds is 3. The lowest BCUT2D eigenvalue weighted by Gasteiger charge is -2.18. The maximum absolute atomic E-state index is 11.5. The SMILES string of the molecule is CNc1nnc(SC2CCC(=O)NC2=O)s1. The van der Waals surface area contributed by atoms with E-state index in [0.29, 0.717) is 12.8 Å². The molecule has 0 aromatic carbocycles. The summed E-state index contributed by atoms with van der Waals surface area (Å²) in [5.74, 6) is -0.433. The molecule has 0 aliphatic carbocycles. The van der Waals surface area contributed by atoms with Crippen molar-refractivity contribution in [2.24, 2.45) is 0 Å². The van der Waals surface area contributed by atoms with Gasteiger partial charge in [0.05, 0.1) is 5.25 Å². The van der Waals surface area contributed by atoms with Gasteiger partial charge in [0.1, 0.15) is 0 Å². The fourth-order valence-electron chi connectivity index (χ4n) is 1.27. The van der Waals surface area contributed by atoms with Crippen LogP contribution in [0.3, 0.4) is 0 Å². The van der Waals surface area contributed by atoms with E-state index in [1.54, 1.807) is 7.05 Å². The first-order valence-electron chi connectivity index (χ1n) is 4.70. The minimum Gasteiger partial charge on any atom is -0.363 e. The van der Waals surface area contributed by atoms with E-state index >= 15 is 0 Å². The van der Waals surface area contributed by atoms with Crippen LogP contribution in [0.15, 0.2) is 4.34 Å². The molecule has 86 valence electrons. The summed E-state index contributed by atoms with van der Waals surface area (Å²) in [5, 5.41) is 13.5. The molecule has 0 spiro atoms. The quantitative estimate of drug-likeness (QED) is 0.767. The van der Waals surface area contributed by atoms with Crippen LogP contribution in [0.25, 0.3) is 0 Å². The summed E-state index contributed by atoms with van der Waals surface area (Å²) >= 11 is 2.75. The molecule has 1 aliphatic rings. The highest BCUT2D eigenvalue weighted by Crippen LogP contribution is 2.31. The number of hydrogen-bond acceptors (Lipinski definition) is 7. The monoisotopic (exact) mass is 258 g/mol. The second-order valence-electron chi connectivity index (χ2n) is 3.18. The van der Waals surface area contributed by atoms with Crippen LogP contribution in [0, 0.1) is 0 Å². The Bertz CT molecular complexity index is 420. The molecule has 8 heteroatoms. The molecule has 2 rings (SSSR count). The van der Waals surface area contributed by atoms with Crippen molar-refractivity contribution in [3.05, 3.63) is 0 Å². The molecule has 2 N–H and O–H groups in total. The van der Waals surface area contributed by atoms with Gasteiger partial charge in [0.15, 0.2) is 4.34 Å². The van der Waals surface area contributed by atoms with Gasteiger partial charge < -0.3 is 5.32 Å². The Hall–Kier alpha value is -1.15. The number of aromatic nitrogens is 2. The minimum absolute atomic E-state index is 0.199. The van der Waals surface area contributed by atoms with Crippen molar-refractivity contribution in [3.8, 4) is 0 Å². The zero-order valence-electron chi connectivity index (χ0n) is 8.52. The standard InChI is InChI=1S/C8H10N4O2S2/c1-9-7-11-12-8(16-7)15-4-2-3-5(13)10-6(4)14/h4H,2-3H2,1H3,(H,9,11)(H,10,13,14). The summed E-state index contributed by atoms with van der Waals surface area (Å²) in [5.41, 5.74) is 0. The molecular weight excluding hydrogens is 248 g/mol. The lowest BCUT2D eigenvalue weighted by molar-refractivity contribution is -0.132. The number of piperidine rings is 1. The number of carbonyl (C=O) groups excluding carboxylic acids is 2. The summed E-state index contributed by atoms with van der Waals surface area (Å²) in [7, 11) is 1.76. The third-order valence-electron chi connectivity index (χ3n) is 2.05. The predicted molar refractivity (Wildman–Crippen MR) is 61.5 cm³/mol. The molecule has 16 heavy (non-hydrogen) atoms. The highest BCUT2D eigenvalue weighted by Gasteiger charge is 2.28. The van der Waals surface area contributed by atoms with E-state index in [1.165, 1.54) is 23.1 Å². The van der Waals surface area contributed by atoms with Gasteiger partial charge >= 0.3 is 0 Å². The fraction of sp³-hybridized carbons (Fsp3) is 0.500. The molecule has 6 nitrogen and oxygen atoms in total. The van der Waals surface area contributed by atoms with E-state index < -0.39 is 0 Å². The van der Waals surface area contributed by atoms with Crippen LogP contribution in [0.1, 0.15) is 12.8 Å². The van der Waals surface area contributed by atoms with E-state index in [2.05, 4.69) is 20.8 Å². The Kier molecular flexibility index (Phi) is 3.39. The van der Waals surface area contributed by atoms with Crippen LogP contribution in [-0.2, 0) is 9.59 Å². The van der Waals surface area contributed by atoms with Crippen molar-refractivity contribution in [1.82, 2.24) is 15.5 Å². The summed E-state index contributed by atoms with van der Waals surface area (Å²) in [6.45, 7) is 0. The van der Waals surface area contributed by atoms with E-state index in [1.807, 2.05) is 0 Å². The van der Waals surface area contributed by atoms with Gasteiger partial charge in [-0.25, -0.2) is 0 Å². The fourth-order valence-corrected chi connectivity index (χ4v) is 3.21. The Morgan fingerprint density at radius 3 is 2.94 bits per heavy atom. The van der Waals surface area contributed by atoms with Crippen LogP contribution in [0.2, 0.25) is 0 Å². The van der Waals surface area contributed by atoms with Gasteiger partial charge in [-0.1, -0.05) is 23.1 Å². The van der Waals surface area contributed by atoms with Gasteiger partial charge in [0, 0.05) is 13.5 Å². The van der Waals surface area contributed by atoms with Gasteiger partial charge in [0.2, 0.25) is 16.9 Å². The van der Waals surface area contributed by atoms with Crippen molar-refractivity contribution in [1.29, 1.82) is 0 Å². The number of hydrogen-bond donors (Lipinski definition) is 2. The first kappa shape index (κ1) is 11.3. The Morgan fingerprint density at radius 2 is 2.31 bits per heavy atom. The third kappa shape index (κ3) is 2.50. The summed E-state index contributed by atoms with van der Waals surface area (Å²) in [6.07, 6.45) is 0.949. The molecule has 2 amide bonds. The van der Waals surface area contributed by atoms with Gasteiger partial charge in [-0.2, -0.15) is 0 Å². The van der Waals surface area contributed by atoms with Gasteiger partial charge in [-0.05, 0) is 6.42 Å². The number of imide groups is 1. The molecule has 1 fully saturated rings. The van der Waals surface area contributed by atoms with Crippen LogP contribution in [-0.4, -0.2) is 34.3 Å². The molecule has 1 atom stereocenters. The Morgan fingerprint density at radius 1 is 1.50 bits per heavy atom. The van der Waals surface area contributed by atoms with Crippen molar-refractivity contribution in [2.45, 2.75) is 22.4 Å². The molecular formula is C8H10N4O2S2. The highest BCUT2D eigenvalue weighted by atomic mass is 32.2. The van der Waals surface area contributed by atoms with Gasteiger partial charge in [0.25, 0.3) is 0 Å². The smallest absolute Gasteiger partial charge is 0.240 e. The minimum atomic E-state index is -0.240. The van der Waals surface area contributed by atoms with Gasteiger partial charge in [-0.15, -0.1) is 10.2 Å². The van der Waals surface area contributed by atoms with Crippen molar-refractivity contribution in [3.63, 3.8) is 0 Å². The molecule has 1 aromatic rings. The summed E-state index contributed by atoms with van der Waals surface area (Å²) in [6, 6.07) is 0. The first-order chi connectivity index (χ1) is 7.69. The third-order valence-corrected chi connectivity index (χ3v) is 4.34. The number of amides is 2. The molecule has 1 aliphatic heterocycles. The molecule has 0 saturated carbocycles. The second-order valence-corrected chi connectivity index (χ2v) is 5.61. The number of nitrogens with one attached hydrogen (secondary N) is 2. The number of nitrogens with zero attached hydrogens (tertiary/aromatic N) is 2. The maximum atomic E-state index is 11.5. The molecule has 1 unspecified atom stereocenters. The zero-order chi connectivity index (χ0) is 11.5. The van der Waals surface area contributed by atoms with Crippen LogP contribution < -0.4 is 10.6 Å². The van der Waals surface area contributed by atoms with Crippen LogP contribution in [0.5, 0.6) is 0 Å². The predicted octanol–water partition coefficient (Wildman–Crippen LogP) is 0.477. The largest absolute Gasteiger partial charge is 0.363 e. The number of anilines is 1. The zero-order valence-corrected chi connectivity index (χ0v) is 10.2. The molecule has 1 aromatic heterocycles. The second kappa shape index (κ2) is 4.79. The topological polar surface area (TPSA) is 84.0 Å². The van der Waals surface area contributed by atoms with E-state index in [-0.39, 0.29) is 17.1 Å².